The number of anilines is 2. The third-order valence-corrected chi connectivity index (χ3v) is 6.99. The zero-order valence-corrected chi connectivity index (χ0v) is 20.5. The lowest BCUT2D eigenvalue weighted by molar-refractivity contribution is 0.0703. The van der Waals surface area contributed by atoms with E-state index >= 15 is 0 Å². The number of aromatic nitrogens is 1. The molecule has 0 bridgehead atoms. The highest BCUT2D eigenvalue weighted by Gasteiger charge is 2.25. The summed E-state index contributed by atoms with van der Waals surface area (Å²) in [4.78, 5) is 19.9. The van der Waals surface area contributed by atoms with Gasteiger partial charge in [0.05, 0.1) is 10.6 Å². The van der Waals surface area contributed by atoms with Crippen molar-refractivity contribution in [2.24, 2.45) is 5.41 Å². The van der Waals surface area contributed by atoms with Crippen molar-refractivity contribution in [1.82, 2.24) is 4.98 Å². The molecule has 2 fully saturated rings. The molecule has 2 N–H and O–H groups in total. The molecule has 0 atom stereocenters. The van der Waals surface area contributed by atoms with E-state index in [-0.39, 0.29) is 17.6 Å². The van der Waals surface area contributed by atoms with Crippen LogP contribution in [0.25, 0.3) is 0 Å². The molecule has 1 aliphatic carbocycles. The van der Waals surface area contributed by atoms with Crippen LogP contribution in [0.15, 0.2) is 24.3 Å². The van der Waals surface area contributed by atoms with Crippen LogP contribution >= 0.6 is 11.3 Å². The Morgan fingerprint density at radius 2 is 1.94 bits per heavy atom. The number of hydrogen-bond acceptors (Lipinski definition) is 6. The minimum atomic E-state index is -0.910. The third kappa shape index (κ3) is 6.42. The molecule has 1 saturated carbocycles. The molecule has 0 aromatic carbocycles. The van der Waals surface area contributed by atoms with E-state index in [1.807, 2.05) is 39.0 Å². The van der Waals surface area contributed by atoms with Crippen LogP contribution in [-0.2, 0) is 0 Å². The number of hydrogen-bond donors (Lipinski definition) is 2. The van der Waals surface area contributed by atoms with Crippen LogP contribution < -0.4 is 15.0 Å². The molecule has 3 heterocycles. The van der Waals surface area contributed by atoms with Gasteiger partial charge in [-0.1, -0.05) is 17.9 Å². The van der Waals surface area contributed by atoms with E-state index < -0.39 is 5.97 Å². The Labute approximate surface area is 200 Å². The number of carbonyl (C=O) groups is 1. The molecule has 0 radical (unpaired) electrons. The molecule has 4 rings (SSSR count). The maximum absolute atomic E-state index is 11.7. The second-order valence-electron chi connectivity index (χ2n) is 9.92. The second-order valence-corrected chi connectivity index (χ2v) is 11.0. The summed E-state index contributed by atoms with van der Waals surface area (Å²) in [7, 11) is 0. The monoisotopic (exact) mass is 467 g/mol. The predicted molar refractivity (Wildman–Crippen MR) is 134 cm³/mol. The summed E-state index contributed by atoms with van der Waals surface area (Å²) in [5.41, 5.74) is 0.553. The van der Waals surface area contributed by atoms with Gasteiger partial charge >= 0.3 is 5.97 Å². The maximum Gasteiger partial charge on any atom is 0.348 e. The summed E-state index contributed by atoms with van der Waals surface area (Å²) < 4.78 is 6.21. The van der Waals surface area contributed by atoms with Crippen molar-refractivity contribution in [1.29, 1.82) is 0 Å². The van der Waals surface area contributed by atoms with Crippen molar-refractivity contribution in [2.45, 2.75) is 71.4 Å². The lowest BCUT2D eigenvalue weighted by Gasteiger charge is -2.30. The van der Waals surface area contributed by atoms with Gasteiger partial charge in [0, 0.05) is 30.6 Å². The fourth-order valence-corrected chi connectivity index (χ4v) is 5.09. The van der Waals surface area contributed by atoms with Gasteiger partial charge in [-0.3, -0.25) is 0 Å². The van der Waals surface area contributed by atoms with Crippen molar-refractivity contribution in [3.05, 3.63) is 34.0 Å². The van der Waals surface area contributed by atoms with E-state index in [9.17, 15) is 9.90 Å². The fourth-order valence-electron chi connectivity index (χ4n) is 4.28. The molecular weight excluding hydrogens is 434 g/mol. The standard InChI is InChI=1S/C26H33N3O3S/c1-26(2,3)14-13-20-17-21(24(33-20)25(30)31)27-18-9-11-19(12-10-18)32-23-8-6-7-22(28-23)29-15-4-5-16-29/h6-8,17-19,27H,4-5,9-12,15-16H2,1-3H3,(H,30,31). The van der Waals surface area contributed by atoms with Crippen LogP contribution in [0.2, 0.25) is 0 Å². The summed E-state index contributed by atoms with van der Waals surface area (Å²) in [6, 6.07) is 8.12. The van der Waals surface area contributed by atoms with Gasteiger partial charge in [-0.25, -0.2) is 4.79 Å². The Morgan fingerprint density at radius 3 is 2.61 bits per heavy atom. The quantitative estimate of drug-likeness (QED) is 0.536. The summed E-state index contributed by atoms with van der Waals surface area (Å²) in [5.74, 6) is 7.11. The summed E-state index contributed by atoms with van der Waals surface area (Å²) >= 11 is 1.24. The van der Waals surface area contributed by atoms with Gasteiger partial charge in [-0.2, -0.15) is 4.98 Å². The fraction of sp³-hybridized carbons (Fsp3) is 0.538. The van der Waals surface area contributed by atoms with Gasteiger partial charge in [0.2, 0.25) is 5.88 Å². The largest absolute Gasteiger partial charge is 0.477 e. The van der Waals surface area contributed by atoms with E-state index in [1.54, 1.807) is 0 Å². The molecule has 2 aliphatic rings. The number of rotatable bonds is 6. The lowest BCUT2D eigenvalue weighted by Crippen LogP contribution is -2.31. The van der Waals surface area contributed by atoms with E-state index in [1.165, 1.54) is 24.2 Å². The van der Waals surface area contributed by atoms with Gasteiger partial charge in [0.15, 0.2) is 0 Å². The highest BCUT2D eigenvalue weighted by Crippen LogP contribution is 2.31. The molecule has 176 valence electrons. The van der Waals surface area contributed by atoms with Crippen LogP contribution in [0.5, 0.6) is 5.88 Å². The molecule has 1 saturated heterocycles. The molecule has 2 aromatic heterocycles. The number of aromatic carboxylic acids is 1. The zero-order chi connectivity index (χ0) is 23.4. The Hall–Kier alpha value is -2.72. The van der Waals surface area contributed by atoms with Gasteiger partial charge < -0.3 is 20.1 Å². The third-order valence-electron chi connectivity index (χ3n) is 5.95. The van der Waals surface area contributed by atoms with Gasteiger partial charge in [-0.15, -0.1) is 11.3 Å². The average molecular weight is 468 g/mol. The first-order valence-corrected chi connectivity index (χ1v) is 12.6. The van der Waals surface area contributed by atoms with Crippen molar-refractivity contribution in [3.8, 4) is 17.7 Å². The van der Waals surface area contributed by atoms with Gasteiger partial charge in [0.1, 0.15) is 16.8 Å². The lowest BCUT2D eigenvalue weighted by atomic mass is 9.92. The number of thiophene rings is 1. The maximum atomic E-state index is 11.7. The van der Waals surface area contributed by atoms with Gasteiger partial charge in [-0.05, 0) is 71.4 Å². The van der Waals surface area contributed by atoms with Crippen molar-refractivity contribution in [2.75, 3.05) is 23.3 Å². The average Bonchev–Trinajstić information content (AvgIpc) is 3.44. The Kier molecular flexibility index (Phi) is 7.14. The van der Waals surface area contributed by atoms with E-state index in [0.717, 1.165) is 49.5 Å². The normalized spacial score (nSPS) is 20.8. The highest BCUT2D eigenvalue weighted by atomic mass is 32.1. The zero-order valence-electron chi connectivity index (χ0n) is 19.7. The summed E-state index contributed by atoms with van der Waals surface area (Å²) in [5, 5.41) is 13.1. The number of pyridine rings is 1. The number of carboxylic acid groups (broad SMARTS) is 1. The highest BCUT2D eigenvalue weighted by molar-refractivity contribution is 7.15. The molecular formula is C26H33N3O3S. The van der Waals surface area contributed by atoms with E-state index in [4.69, 9.17) is 9.72 Å². The number of carboxylic acids is 1. The van der Waals surface area contributed by atoms with Crippen LogP contribution in [-0.4, -0.2) is 41.3 Å². The first-order chi connectivity index (χ1) is 15.8. The molecule has 0 unspecified atom stereocenters. The number of ether oxygens (including phenoxy) is 1. The van der Waals surface area contributed by atoms with Crippen LogP contribution in [0.1, 0.15) is 73.8 Å². The first kappa shape index (κ1) is 23.4. The Balaban J connectivity index is 1.34. The van der Waals surface area contributed by atoms with Gasteiger partial charge in [0.25, 0.3) is 0 Å². The minimum Gasteiger partial charge on any atom is -0.477 e. The number of nitrogens with zero attached hydrogens (tertiary/aromatic N) is 2. The van der Waals surface area contributed by atoms with Crippen molar-refractivity contribution < 1.29 is 14.6 Å². The van der Waals surface area contributed by atoms with Crippen LogP contribution in [0, 0.1) is 17.3 Å². The Bertz CT molecular complexity index is 1030. The van der Waals surface area contributed by atoms with Crippen LogP contribution in [0.4, 0.5) is 11.5 Å². The molecule has 0 spiro atoms. The molecule has 0 amide bonds. The smallest absolute Gasteiger partial charge is 0.348 e. The van der Waals surface area contributed by atoms with Crippen LogP contribution in [0.3, 0.4) is 0 Å². The topological polar surface area (TPSA) is 74.7 Å². The molecule has 1 aliphatic heterocycles. The molecule has 7 heteroatoms. The molecule has 33 heavy (non-hydrogen) atoms. The summed E-state index contributed by atoms with van der Waals surface area (Å²) in [6.45, 7) is 8.27. The van der Waals surface area contributed by atoms with Crippen molar-refractivity contribution in [3.63, 3.8) is 0 Å². The molecule has 6 nitrogen and oxygen atoms in total. The predicted octanol–water partition coefficient (Wildman–Crippen LogP) is 5.64. The first-order valence-electron chi connectivity index (χ1n) is 11.8. The number of nitrogens with one attached hydrogen (secondary N) is 1. The summed E-state index contributed by atoms with van der Waals surface area (Å²) in [6.07, 6.45) is 6.26. The molecule has 2 aromatic rings. The minimum absolute atomic E-state index is 0.123. The van der Waals surface area contributed by atoms with E-state index in [2.05, 4.69) is 28.1 Å². The van der Waals surface area contributed by atoms with Crippen molar-refractivity contribution >= 4 is 28.8 Å². The SMILES string of the molecule is CC(C)(C)C#Cc1cc(NC2CCC(Oc3cccc(N4CCCC4)n3)CC2)c(C(=O)O)s1. The second kappa shape index (κ2) is 10.0. The Morgan fingerprint density at radius 1 is 1.21 bits per heavy atom. The van der Waals surface area contributed by atoms with E-state index in [0.29, 0.717) is 16.4 Å².